The average Bonchev–Trinajstić information content (AvgIpc) is 2.34. The zero-order valence-electron chi connectivity index (χ0n) is 11.0. The van der Waals surface area contributed by atoms with Crippen LogP contribution in [0.15, 0.2) is 18.2 Å². The molecular weight excluding hydrogens is 244 g/mol. The topological polar surface area (TPSA) is 35.8 Å². The van der Waals surface area contributed by atoms with Crippen LogP contribution in [0.3, 0.4) is 0 Å². The summed E-state index contributed by atoms with van der Waals surface area (Å²) in [5.41, 5.74) is 2.01. The lowest BCUT2D eigenvalue weighted by Gasteiger charge is -2.35. The molecule has 3 heteroatoms. The normalized spacial score (nSPS) is 19.2. The van der Waals surface area contributed by atoms with Crippen LogP contribution in [-0.2, 0) is 0 Å². The molecule has 2 nitrogen and oxygen atoms in total. The van der Waals surface area contributed by atoms with Crippen molar-refractivity contribution in [2.75, 3.05) is 5.32 Å². The molecule has 0 bridgehead atoms. The molecule has 96 valence electrons. The third-order valence-corrected chi connectivity index (χ3v) is 4.12. The van der Waals surface area contributed by atoms with Gasteiger partial charge in [-0.1, -0.05) is 25.4 Å². The summed E-state index contributed by atoms with van der Waals surface area (Å²) in [4.78, 5) is 0. The van der Waals surface area contributed by atoms with Crippen LogP contribution in [0.2, 0.25) is 5.02 Å². The van der Waals surface area contributed by atoms with Crippen LogP contribution in [0.25, 0.3) is 0 Å². The molecule has 0 unspecified atom stereocenters. The fourth-order valence-corrected chi connectivity index (χ4v) is 2.64. The Morgan fingerprint density at radius 1 is 1.33 bits per heavy atom. The van der Waals surface area contributed by atoms with Crippen LogP contribution in [-0.4, -0.2) is 6.04 Å². The zero-order chi connectivity index (χ0) is 13.2. The van der Waals surface area contributed by atoms with Crippen molar-refractivity contribution in [2.45, 2.75) is 45.6 Å². The summed E-state index contributed by atoms with van der Waals surface area (Å²) in [6, 6.07) is 7.99. The number of anilines is 1. The molecule has 1 N–H and O–H groups in total. The van der Waals surface area contributed by atoms with Crippen LogP contribution >= 0.6 is 11.6 Å². The van der Waals surface area contributed by atoms with Gasteiger partial charge in [0.1, 0.15) is 0 Å². The van der Waals surface area contributed by atoms with Crippen molar-refractivity contribution in [3.8, 4) is 6.07 Å². The van der Waals surface area contributed by atoms with Crippen LogP contribution < -0.4 is 5.32 Å². The van der Waals surface area contributed by atoms with Crippen LogP contribution in [0, 0.1) is 16.7 Å². The number of hydrogen-bond acceptors (Lipinski definition) is 2. The second kappa shape index (κ2) is 5.20. The molecule has 1 fully saturated rings. The summed E-state index contributed by atoms with van der Waals surface area (Å²) in [6.45, 7) is 4.65. The third-order valence-electron chi connectivity index (χ3n) is 3.79. The highest BCUT2D eigenvalue weighted by Gasteiger charge is 2.26. The molecule has 1 aliphatic carbocycles. The van der Waals surface area contributed by atoms with Gasteiger partial charge in [0.15, 0.2) is 0 Å². The highest BCUT2D eigenvalue weighted by Crippen LogP contribution is 2.36. The van der Waals surface area contributed by atoms with Crippen molar-refractivity contribution >= 4 is 17.3 Å². The van der Waals surface area contributed by atoms with E-state index in [1.54, 1.807) is 12.1 Å². The molecular formula is C15H19ClN2. The van der Waals surface area contributed by atoms with Crippen LogP contribution in [0.5, 0.6) is 0 Å². The van der Waals surface area contributed by atoms with E-state index >= 15 is 0 Å². The van der Waals surface area contributed by atoms with Gasteiger partial charge in [0.2, 0.25) is 0 Å². The molecule has 0 saturated heterocycles. The summed E-state index contributed by atoms with van der Waals surface area (Å²) >= 11 is 6.16. The van der Waals surface area contributed by atoms with Crippen molar-refractivity contribution in [2.24, 2.45) is 5.41 Å². The van der Waals surface area contributed by atoms with E-state index in [4.69, 9.17) is 16.9 Å². The minimum atomic E-state index is 0.469. The lowest BCUT2D eigenvalue weighted by atomic mass is 9.75. The van der Waals surface area contributed by atoms with Gasteiger partial charge in [-0.15, -0.1) is 0 Å². The highest BCUT2D eigenvalue weighted by atomic mass is 35.5. The number of nitrogens with one attached hydrogen (secondary N) is 1. The first kappa shape index (κ1) is 13.2. The van der Waals surface area contributed by atoms with Gasteiger partial charge in [-0.25, -0.2) is 0 Å². The molecule has 1 aromatic rings. The Labute approximate surface area is 114 Å². The predicted molar refractivity (Wildman–Crippen MR) is 75.8 cm³/mol. The molecule has 0 aliphatic heterocycles. The number of rotatable bonds is 2. The Morgan fingerprint density at radius 3 is 2.61 bits per heavy atom. The third kappa shape index (κ3) is 3.17. The molecule has 1 aromatic carbocycles. The Balaban J connectivity index is 2.04. The van der Waals surface area contributed by atoms with Gasteiger partial charge in [0, 0.05) is 6.04 Å². The quantitative estimate of drug-likeness (QED) is 0.846. The van der Waals surface area contributed by atoms with Crippen molar-refractivity contribution in [1.29, 1.82) is 5.26 Å². The number of hydrogen-bond donors (Lipinski definition) is 1. The highest BCUT2D eigenvalue weighted by molar-refractivity contribution is 6.33. The summed E-state index contributed by atoms with van der Waals surface area (Å²) in [6.07, 6.45) is 4.81. The molecule has 0 radical (unpaired) electrons. The smallest absolute Gasteiger partial charge is 0.0992 e. The number of nitrogens with zero attached hydrogens (tertiary/aromatic N) is 1. The van der Waals surface area contributed by atoms with E-state index in [1.165, 1.54) is 25.7 Å². The first-order valence-corrected chi connectivity index (χ1v) is 6.84. The fourth-order valence-electron chi connectivity index (χ4n) is 2.47. The van der Waals surface area contributed by atoms with Gasteiger partial charge >= 0.3 is 0 Å². The molecule has 2 rings (SSSR count). The van der Waals surface area contributed by atoms with Gasteiger partial charge in [0.25, 0.3) is 0 Å². The van der Waals surface area contributed by atoms with Gasteiger partial charge in [-0.05, 0) is 49.3 Å². The van der Waals surface area contributed by atoms with E-state index in [0.29, 0.717) is 22.0 Å². The summed E-state index contributed by atoms with van der Waals surface area (Å²) in [5.74, 6) is 0. The number of benzene rings is 1. The molecule has 0 amide bonds. The van der Waals surface area contributed by atoms with E-state index in [9.17, 15) is 0 Å². The first-order chi connectivity index (χ1) is 8.50. The van der Waals surface area contributed by atoms with E-state index in [0.717, 1.165) is 5.69 Å². The zero-order valence-corrected chi connectivity index (χ0v) is 11.7. The molecule has 1 aliphatic rings. The number of nitriles is 1. The lowest BCUT2D eigenvalue weighted by Crippen LogP contribution is -2.29. The molecule has 0 aromatic heterocycles. The monoisotopic (exact) mass is 262 g/mol. The molecule has 0 atom stereocenters. The summed E-state index contributed by atoms with van der Waals surface area (Å²) < 4.78 is 0. The van der Waals surface area contributed by atoms with Crippen LogP contribution in [0.4, 0.5) is 5.69 Å². The molecule has 18 heavy (non-hydrogen) atoms. The Bertz CT molecular complexity index is 464. The summed E-state index contributed by atoms with van der Waals surface area (Å²) in [7, 11) is 0. The van der Waals surface area contributed by atoms with Gasteiger partial charge in [-0.2, -0.15) is 5.26 Å². The molecule has 0 spiro atoms. The van der Waals surface area contributed by atoms with Crippen molar-refractivity contribution < 1.29 is 0 Å². The SMILES string of the molecule is CC1(C)CCC(Nc2cc(C#N)ccc2Cl)CC1. The molecule has 0 heterocycles. The Morgan fingerprint density at radius 2 is 2.00 bits per heavy atom. The Kier molecular flexibility index (Phi) is 3.82. The number of halogens is 1. The maximum atomic E-state index is 8.91. The second-order valence-electron chi connectivity index (χ2n) is 5.89. The van der Waals surface area contributed by atoms with Crippen molar-refractivity contribution in [3.05, 3.63) is 28.8 Å². The standard InChI is InChI=1S/C15H19ClN2/c1-15(2)7-5-12(6-8-15)18-14-9-11(10-17)3-4-13(14)16/h3-4,9,12,18H,5-8H2,1-2H3. The van der Waals surface area contributed by atoms with Crippen LogP contribution in [0.1, 0.15) is 45.1 Å². The minimum Gasteiger partial charge on any atom is -0.381 e. The van der Waals surface area contributed by atoms with E-state index < -0.39 is 0 Å². The lowest BCUT2D eigenvalue weighted by molar-refractivity contribution is 0.232. The average molecular weight is 263 g/mol. The maximum absolute atomic E-state index is 8.91. The van der Waals surface area contributed by atoms with E-state index in [-0.39, 0.29) is 0 Å². The first-order valence-electron chi connectivity index (χ1n) is 6.46. The fraction of sp³-hybridized carbons (Fsp3) is 0.533. The predicted octanol–water partition coefficient (Wildman–Crippen LogP) is 4.59. The van der Waals surface area contributed by atoms with Crippen molar-refractivity contribution in [3.63, 3.8) is 0 Å². The largest absolute Gasteiger partial charge is 0.381 e. The van der Waals surface area contributed by atoms with Gasteiger partial charge in [-0.3, -0.25) is 0 Å². The van der Waals surface area contributed by atoms with E-state index in [2.05, 4.69) is 25.2 Å². The second-order valence-corrected chi connectivity index (χ2v) is 6.30. The minimum absolute atomic E-state index is 0.469. The maximum Gasteiger partial charge on any atom is 0.0992 e. The Hall–Kier alpha value is -1.20. The van der Waals surface area contributed by atoms with Gasteiger partial charge in [0.05, 0.1) is 22.3 Å². The van der Waals surface area contributed by atoms with Crippen molar-refractivity contribution in [1.82, 2.24) is 0 Å². The summed E-state index contributed by atoms with van der Waals surface area (Å²) in [5, 5.41) is 13.1. The molecule has 1 saturated carbocycles. The van der Waals surface area contributed by atoms with E-state index in [1.807, 2.05) is 6.07 Å². The van der Waals surface area contributed by atoms with Gasteiger partial charge < -0.3 is 5.32 Å².